The van der Waals surface area contributed by atoms with Crippen molar-refractivity contribution < 1.29 is 28.3 Å². The Hall–Kier alpha value is -2.94. The lowest BCUT2D eigenvalue weighted by molar-refractivity contribution is -0.142. The van der Waals surface area contributed by atoms with Crippen LogP contribution in [0.25, 0.3) is 11.0 Å². The first-order valence-electron chi connectivity index (χ1n) is 14.1. The zero-order valence-corrected chi connectivity index (χ0v) is 21.7. The number of halogens is 1. The van der Waals surface area contributed by atoms with Gasteiger partial charge in [-0.25, -0.2) is 9.18 Å². The Morgan fingerprint density at radius 2 is 1.79 bits per heavy atom. The highest BCUT2D eigenvalue weighted by Gasteiger charge is 2.47. The van der Waals surface area contributed by atoms with Gasteiger partial charge in [-0.05, 0) is 74.1 Å². The van der Waals surface area contributed by atoms with Gasteiger partial charge in [-0.1, -0.05) is 32.1 Å². The number of nitrogens with two attached hydrogens (primary N) is 1. The Morgan fingerprint density at radius 3 is 2.47 bits per heavy atom. The average molecular weight is 528 g/mol. The highest BCUT2D eigenvalue weighted by atomic mass is 19.1. The molecule has 1 aliphatic heterocycles. The first-order valence-corrected chi connectivity index (χ1v) is 14.1. The van der Waals surface area contributed by atoms with Gasteiger partial charge in [0.2, 0.25) is 17.6 Å². The molecule has 4 N–H and O–H groups in total. The van der Waals surface area contributed by atoms with E-state index in [0.717, 1.165) is 44.9 Å². The van der Waals surface area contributed by atoms with E-state index in [9.17, 15) is 23.9 Å². The third kappa shape index (κ3) is 5.44. The van der Waals surface area contributed by atoms with E-state index in [4.69, 9.17) is 10.2 Å². The number of hydrogen-bond donors (Lipinski definition) is 3. The summed E-state index contributed by atoms with van der Waals surface area (Å²) < 4.78 is 18.4. The van der Waals surface area contributed by atoms with E-state index >= 15 is 0 Å². The molecule has 0 bridgehead atoms. The Morgan fingerprint density at radius 1 is 1.05 bits per heavy atom. The van der Waals surface area contributed by atoms with Crippen LogP contribution in [0.1, 0.15) is 74.8 Å². The van der Waals surface area contributed by atoms with Crippen LogP contribution in [-0.4, -0.2) is 53.1 Å². The second-order valence-corrected chi connectivity index (χ2v) is 11.4. The maximum atomic E-state index is 13.8. The number of carboxylic acid groups (broad SMARTS) is 1. The standard InChI is InChI=1S/C29H38FN3O5/c30-16-23(31)18-6-8-19(9-7-18)28(35)33-13-12-22(17-4-2-1-3-5-17)26(33)27(34)32-21-10-11-24-20(14-21)15-25(38-24)29(36)37/h10-11,14-15,17-19,22-23,26H,1-9,12-13,16,31H2,(H,32,34)(H,36,37)/t18-,19-,22?,23-,26+/m1/s1. The molecule has 5 rings (SSSR count). The smallest absolute Gasteiger partial charge is 0.371 e. The number of likely N-dealkylation sites (tertiary alicyclic amines) is 1. The molecule has 0 spiro atoms. The molecule has 38 heavy (non-hydrogen) atoms. The molecule has 0 radical (unpaired) electrons. The van der Waals surface area contributed by atoms with E-state index in [1.807, 2.05) is 4.90 Å². The van der Waals surface area contributed by atoms with Gasteiger partial charge >= 0.3 is 5.97 Å². The maximum Gasteiger partial charge on any atom is 0.371 e. The predicted octanol–water partition coefficient (Wildman–Crippen LogP) is 4.97. The molecule has 3 aliphatic rings. The summed E-state index contributed by atoms with van der Waals surface area (Å²) in [6.07, 6.45) is 9.36. The van der Waals surface area contributed by atoms with Gasteiger partial charge in [0.15, 0.2) is 0 Å². The molecule has 1 unspecified atom stereocenters. The van der Waals surface area contributed by atoms with Crippen molar-refractivity contribution >= 4 is 34.4 Å². The molecule has 206 valence electrons. The van der Waals surface area contributed by atoms with Crippen molar-refractivity contribution in [2.45, 2.75) is 76.3 Å². The fourth-order valence-corrected chi connectivity index (χ4v) is 7.05. The molecule has 3 fully saturated rings. The number of furan rings is 1. The van der Waals surface area contributed by atoms with Gasteiger partial charge in [0.25, 0.3) is 0 Å². The molecule has 1 saturated heterocycles. The van der Waals surface area contributed by atoms with Crippen LogP contribution < -0.4 is 11.1 Å². The zero-order chi connectivity index (χ0) is 26.8. The monoisotopic (exact) mass is 527 g/mol. The van der Waals surface area contributed by atoms with E-state index in [-0.39, 0.29) is 35.3 Å². The van der Waals surface area contributed by atoms with Gasteiger partial charge in [-0.3, -0.25) is 9.59 Å². The Labute approximate surface area is 222 Å². The van der Waals surface area contributed by atoms with Crippen molar-refractivity contribution in [2.75, 3.05) is 18.5 Å². The number of aromatic carboxylic acids is 1. The average Bonchev–Trinajstić information content (AvgIpc) is 3.58. The minimum Gasteiger partial charge on any atom is -0.475 e. The molecule has 1 aromatic carbocycles. The number of carboxylic acids is 1. The number of benzene rings is 1. The van der Waals surface area contributed by atoms with Crippen LogP contribution in [0.15, 0.2) is 28.7 Å². The van der Waals surface area contributed by atoms with Crippen LogP contribution in [0.4, 0.5) is 10.1 Å². The van der Waals surface area contributed by atoms with E-state index in [0.29, 0.717) is 42.0 Å². The largest absolute Gasteiger partial charge is 0.475 e. The highest BCUT2D eigenvalue weighted by molar-refractivity contribution is 6.00. The molecule has 9 heteroatoms. The number of carbonyl (C=O) groups is 3. The molecule has 2 heterocycles. The summed E-state index contributed by atoms with van der Waals surface area (Å²) in [7, 11) is 0. The number of anilines is 1. The van der Waals surface area contributed by atoms with Gasteiger partial charge in [-0.15, -0.1) is 0 Å². The molecule has 2 aromatic rings. The van der Waals surface area contributed by atoms with Gasteiger partial charge in [0.1, 0.15) is 18.3 Å². The minimum atomic E-state index is -1.15. The molecule has 8 nitrogen and oxygen atoms in total. The van der Waals surface area contributed by atoms with E-state index < -0.39 is 24.7 Å². The summed E-state index contributed by atoms with van der Waals surface area (Å²) in [5.41, 5.74) is 6.90. The van der Waals surface area contributed by atoms with Gasteiger partial charge in [0.05, 0.1) is 0 Å². The summed E-state index contributed by atoms with van der Waals surface area (Å²) in [6.45, 7) is 0.0354. The second kappa shape index (κ2) is 11.4. The lowest BCUT2D eigenvalue weighted by Gasteiger charge is -2.36. The lowest BCUT2D eigenvalue weighted by atomic mass is 9.76. The molecule has 2 amide bonds. The SMILES string of the molecule is N[C@H](CF)[C@H]1CC[C@H](C(=O)N2CCC(C3CCCCC3)[C@H]2C(=O)Nc2ccc3oc(C(=O)O)cc3c2)CC1. The molecule has 2 aliphatic carbocycles. The number of hydrogen-bond acceptors (Lipinski definition) is 5. The van der Waals surface area contributed by atoms with Crippen LogP contribution in [0, 0.1) is 23.7 Å². The van der Waals surface area contributed by atoms with Crippen molar-refractivity contribution in [1.29, 1.82) is 0 Å². The Bertz CT molecular complexity index is 1170. The van der Waals surface area contributed by atoms with E-state index in [1.165, 1.54) is 12.5 Å². The first-order chi connectivity index (χ1) is 18.4. The maximum absolute atomic E-state index is 13.8. The van der Waals surface area contributed by atoms with E-state index in [2.05, 4.69) is 5.32 Å². The van der Waals surface area contributed by atoms with E-state index in [1.54, 1.807) is 18.2 Å². The van der Waals surface area contributed by atoms with Gasteiger partial charge in [0, 0.05) is 29.6 Å². The van der Waals surface area contributed by atoms with Gasteiger partial charge in [-0.2, -0.15) is 0 Å². The highest BCUT2D eigenvalue weighted by Crippen LogP contribution is 2.41. The molecular formula is C29H38FN3O5. The molecule has 2 saturated carbocycles. The summed E-state index contributed by atoms with van der Waals surface area (Å²) >= 11 is 0. The fraction of sp³-hybridized carbons (Fsp3) is 0.621. The van der Waals surface area contributed by atoms with Crippen LogP contribution in [0.3, 0.4) is 0 Å². The lowest BCUT2D eigenvalue weighted by Crippen LogP contribution is -2.50. The van der Waals surface area contributed by atoms with Crippen LogP contribution in [0.5, 0.6) is 0 Å². The number of amides is 2. The van der Waals surface area contributed by atoms with Crippen LogP contribution in [0.2, 0.25) is 0 Å². The fourth-order valence-electron chi connectivity index (χ4n) is 7.05. The van der Waals surface area contributed by atoms with Crippen LogP contribution in [-0.2, 0) is 9.59 Å². The van der Waals surface area contributed by atoms with Crippen molar-refractivity contribution in [3.8, 4) is 0 Å². The van der Waals surface area contributed by atoms with Gasteiger partial charge < -0.3 is 25.5 Å². The number of carbonyl (C=O) groups excluding carboxylic acids is 2. The molecule has 1 aromatic heterocycles. The second-order valence-electron chi connectivity index (χ2n) is 11.4. The summed E-state index contributed by atoms with van der Waals surface area (Å²) in [5, 5.41) is 12.8. The summed E-state index contributed by atoms with van der Waals surface area (Å²) in [4.78, 5) is 40.7. The van der Waals surface area contributed by atoms with Crippen molar-refractivity contribution in [1.82, 2.24) is 4.90 Å². The first kappa shape index (κ1) is 26.7. The predicted molar refractivity (Wildman–Crippen MR) is 141 cm³/mol. The minimum absolute atomic E-state index is 0.0344. The number of fused-ring (bicyclic) bond motifs is 1. The zero-order valence-electron chi connectivity index (χ0n) is 21.7. The third-order valence-corrected chi connectivity index (χ3v) is 9.15. The molecule has 3 atom stereocenters. The Kier molecular flexibility index (Phi) is 8.02. The number of nitrogens with one attached hydrogen (secondary N) is 1. The quantitative estimate of drug-likeness (QED) is 0.467. The number of alkyl halides is 1. The van der Waals surface area contributed by atoms with Crippen molar-refractivity contribution in [3.63, 3.8) is 0 Å². The topological polar surface area (TPSA) is 126 Å². The summed E-state index contributed by atoms with van der Waals surface area (Å²) in [6, 6.07) is 5.48. The summed E-state index contributed by atoms with van der Waals surface area (Å²) in [5.74, 6) is -0.977. The number of nitrogens with zero attached hydrogens (tertiary/aromatic N) is 1. The van der Waals surface area contributed by atoms with Crippen molar-refractivity contribution in [3.05, 3.63) is 30.0 Å². The Balaban J connectivity index is 1.34. The van der Waals surface area contributed by atoms with Crippen LogP contribution >= 0.6 is 0 Å². The normalized spacial score (nSPS) is 27.4. The van der Waals surface area contributed by atoms with Crippen molar-refractivity contribution in [2.24, 2.45) is 29.4 Å². The number of rotatable bonds is 7. The third-order valence-electron chi connectivity index (χ3n) is 9.15. The molecular weight excluding hydrogens is 489 g/mol.